The van der Waals surface area contributed by atoms with Crippen LogP contribution in [0.2, 0.25) is 0 Å². The van der Waals surface area contributed by atoms with Crippen molar-refractivity contribution >= 4 is 32.8 Å². The number of hydrogen-bond acceptors (Lipinski definition) is 2. The largest absolute Gasteiger partial charge is 0.458 e. The molecule has 0 amide bonds. The van der Waals surface area contributed by atoms with E-state index in [-0.39, 0.29) is 61.6 Å². The van der Waals surface area contributed by atoms with Crippen molar-refractivity contribution in [3.8, 4) is 62.1 Å². The summed E-state index contributed by atoms with van der Waals surface area (Å²) in [6.45, 7) is -13.7. The molecule has 0 aliphatic rings. The Morgan fingerprint density at radius 2 is 1.32 bits per heavy atom. The first-order chi connectivity index (χ1) is 47.0. The number of nitrogens with zero attached hydrogens (tertiary/aromatic N) is 4. The Kier molecular flexibility index (Phi) is 4.98. The number of rotatable bonds is 8. The zero-order valence-electron chi connectivity index (χ0n) is 69.8. The zero-order chi connectivity index (χ0) is 75.8. The van der Waals surface area contributed by atoms with Gasteiger partial charge in [-0.3, -0.25) is 13.7 Å². The molecule has 8 aromatic carbocycles. The monoisotopic (exact) mass is 930 g/mol. The van der Waals surface area contributed by atoms with Crippen LogP contribution in [-0.2, 0) is 10.8 Å². The molecule has 0 aliphatic heterocycles. The van der Waals surface area contributed by atoms with Crippen LogP contribution in [-0.4, -0.2) is 14.1 Å². The third kappa shape index (κ3) is 8.08. The third-order valence-corrected chi connectivity index (χ3v) is 11.2. The van der Waals surface area contributed by atoms with Crippen LogP contribution >= 0.6 is 0 Å². The Balaban J connectivity index is 1.22. The van der Waals surface area contributed by atoms with Crippen LogP contribution in [0.4, 0.5) is 0 Å². The fraction of sp³-hybridized carbons (Fsp3) is 0.156. The van der Waals surface area contributed by atoms with Crippen molar-refractivity contribution in [2.75, 3.05) is 0 Å². The average molecular weight is 930 g/mol. The normalized spacial score (nSPS) is 19.8. The quantitative estimate of drug-likeness (QED) is 0.112. The average Bonchev–Trinajstić information content (AvgIpc) is 0.868. The van der Waals surface area contributed by atoms with Gasteiger partial charge in [0.15, 0.2) is 0 Å². The van der Waals surface area contributed by atoms with Gasteiger partial charge in [-0.25, -0.2) is 4.98 Å². The van der Waals surface area contributed by atoms with E-state index in [1.54, 1.807) is 26.8 Å². The van der Waals surface area contributed by atoms with Gasteiger partial charge in [0.05, 0.1) is 58.1 Å². The van der Waals surface area contributed by atoms with Crippen molar-refractivity contribution in [1.82, 2.24) is 14.1 Å². The van der Waals surface area contributed by atoms with E-state index in [0.29, 0.717) is 5.39 Å². The molecule has 0 saturated carbocycles. The maximum absolute atomic E-state index is 9.83. The van der Waals surface area contributed by atoms with Crippen LogP contribution in [0.1, 0.15) is 109 Å². The highest BCUT2D eigenvalue weighted by Crippen LogP contribution is 2.39. The lowest BCUT2D eigenvalue weighted by atomic mass is 9.84. The number of imidazole rings is 1. The van der Waals surface area contributed by atoms with E-state index in [1.807, 2.05) is 0 Å². The molecule has 5 heteroatoms. The van der Waals surface area contributed by atoms with Gasteiger partial charge in [-0.05, 0) is 129 Å². The van der Waals surface area contributed by atoms with Crippen molar-refractivity contribution in [1.29, 1.82) is 0 Å². The smallest absolute Gasteiger partial charge is 0.269 e. The summed E-state index contributed by atoms with van der Waals surface area (Å²) in [6.07, 6.45) is 4.33. The zero-order valence-corrected chi connectivity index (χ0v) is 36.8. The molecular formula is C64H56N4O. The highest BCUT2D eigenvalue weighted by atomic mass is 16.5. The molecule has 3 heterocycles. The number of pyridine rings is 1. The molecule has 0 N–H and O–H groups in total. The van der Waals surface area contributed by atoms with E-state index >= 15 is 0 Å². The van der Waals surface area contributed by atoms with E-state index in [4.69, 9.17) is 32.2 Å². The SMILES string of the molecule is [2H]c1c([2H])c(-c2c([2H])c([2H])c(-c3c([2H])c([2H])c(C(C)(C)C)c([2H])c3C([2H])([2H])[2H])c([2H])c2[2H])c(-[n+]2[c-]n(-c3cccc(Oc4ccc5c6c([2H])c([2H])c([2H])c([2H])c6n(-c6cc(C([2H])([2H])[2H])ccn6)c5c4)c3)c3ccccc32)c(-c2c([2H])c([2H])c(C(C([2H])([2H])[2H])(C([2H])([2H])[2H])C([2H])([2H])[2H])c([2H])c2[2H])c1[2H]. The first-order valence-electron chi connectivity index (χ1n) is 37.7. The number of aromatic nitrogens is 4. The number of aryl methyl sites for hydroxylation is 1. The predicted molar refractivity (Wildman–Crippen MR) is 285 cm³/mol. The Morgan fingerprint density at radius 1 is 0.594 bits per heavy atom. The minimum atomic E-state index is -4.16. The molecule has 0 atom stereocenters. The van der Waals surface area contributed by atoms with Crippen molar-refractivity contribution in [2.24, 2.45) is 0 Å². The third-order valence-electron chi connectivity index (χ3n) is 11.2. The van der Waals surface area contributed by atoms with Crippen LogP contribution in [0.15, 0.2) is 194 Å². The number of ether oxygens (including phenoxy) is 1. The van der Waals surface area contributed by atoms with E-state index in [2.05, 4.69) is 11.3 Å². The highest BCUT2D eigenvalue weighted by molar-refractivity contribution is 6.09. The maximum Gasteiger partial charge on any atom is 0.269 e. The van der Waals surface area contributed by atoms with Gasteiger partial charge in [-0.15, -0.1) is 0 Å². The van der Waals surface area contributed by atoms with Crippen LogP contribution in [0.3, 0.4) is 0 Å². The molecule has 11 rings (SSSR count). The van der Waals surface area contributed by atoms with E-state index in [1.165, 1.54) is 88.1 Å². The topological polar surface area (TPSA) is 35.9 Å². The first-order valence-corrected chi connectivity index (χ1v) is 21.2. The van der Waals surface area contributed by atoms with Gasteiger partial charge in [0.1, 0.15) is 17.3 Å². The lowest BCUT2D eigenvalue weighted by Gasteiger charge is -2.21. The summed E-state index contributed by atoms with van der Waals surface area (Å²) >= 11 is 0. The van der Waals surface area contributed by atoms with Crippen molar-refractivity contribution in [3.05, 3.63) is 222 Å². The van der Waals surface area contributed by atoms with E-state index in [9.17, 15) is 17.8 Å². The summed E-state index contributed by atoms with van der Waals surface area (Å²) in [6, 6.07) is 0.852. The molecular weight excluding hydrogens is 841 g/mol. The van der Waals surface area contributed by atoms with Crippen molar-refractivity contribution in [2.45, 2.75) is 65.9 Å². The molecule has 69 heavy (non-hydrogen) atoms. The summed E-state index contributed by atoms with van der Waals surface area (Å²) in [5, 5.41) is 0.376. The van der Waals surface area contributed by atoms with Gasteiger partial charge in [0, 0.05) is 43.6 Å². The highest BCUT2D eigenvalue weighted by Gasteiger charge is 2.22. The van der Waals surface area contributed by atoms with Gasteiger partial charge < -0.3 is 4.74 Å². The minimum absolute atomic E-state index is 0.0150. The molecule has 338 valence electrons. The minimum Gasteiger partial charge on any atom is -0.458 e. The lowest BCUT2D eigenvalue weighted by Crippen LogP contribution is -2.31. The number of para-hydroxylation sites is 4. The summed E-state index contributed by atoms with van der Waals surface area (Å²) < 4.78 is 305. The van der Waals surface area contributed by atoms with Crippen molar-refractivity contribution < 1.29 is 54.5 Å². The molecule has 5 nitrogen and oxygen atoms in total. The Bertz CT molecular complexity index is 5300. The molecule has 0 unspecified atom stereocenters. The molecule has 0 spiro atoms. The summed E-state index contributed by atoms with van der Waals surface area (Å²) in [7, 11) is 0. The van der Waals surface area contributed by atoms with Gasteiger partial charge in [-0.2, -0.15) is 0 Å². The lowest BCUT2D eigenvalue weighted by molar-refractivity contribution is -0.571. The number of benzene rings is 8. The first kappa shape index (κ1) is 20.3. The maximum atomic E-state index is 9.83. The van der Waals surface area contributed by atoms with Crippen molar-refractivity contribution in [3.63, 3.8) is 0 Å². The fourth-order valence-corrected chi connectivity index (χ4v) is 7.92. The van der Waals surface area contributed by atoms with Crippen LogP contribution in [0.5, 0.6) is 11.5 Å². The van der Waals surface area contributed by atoms with Crippen LogP contribution < -0.4 is 9.30 Å². The second-order valence-corrected chi connectivity index (χ2v) is 17.0. The molecule has 0 bridgehead atoms. The summed E-state index contributed by atoms with van der Waals surface area (Å²) in [4.78, 5) is 4.41. The number of hydrogen-bond donors (Lipinski definition) is 0. The fourth-order valence-electron chi connectivity index (χ4n) is 7.92. The second-order valence-electron chi connectivity index (χ2n) is 17.0. The van der Waals surface area contributed by atoms with E-state index in [0.717, 1.165) is 4.57 Å². The molecule has 11 aromatic rings. The molecule has 0 aliphatic carbocycles. The van der Waals surface area contributed by atoms with Crippen LogP contribution in [0, 0.1) is 20.0 Å². The summed E-state index contributed by atoms with van der Waals surface area (Å²) in [5.41, 5.74) is -14.1. The van der Waals surface area contributed by atoms with Gasteiger partial charge in [0.25, 0.3) is 6.33 Å². The van der Waals surface area contributed by atoms with E-state index < -0.39 is 204 Å². The van der Waals surface area contributed by atoms with Crippen LogP contribution in [0.25, 0.3) is 83.4 Å². The molecule has 3 aromatic heterocycles. The summed E-state index contributed by atoms with van der Waals surface area (Å²) in [5.74, 6) is 0.134. The standard InChI is InChI=1S/C64H56N4O/c1-42-35-36-65-61(37-42)68-57-20-10-9-17-55(57)56-34-32-51(40-60(56)68)69-50-16-13-15-49(39-50)66-41-67(59-22-12-11-21-58(59)66)62-53(18-14-19-54(62)46-27-29-47(30-28-46)63(3,4)5)45-25-23-44(24-26-45)52-33-31-48(38-43(52)2)64(6,7)8/h9-40H,1-8H3/i1D3,2D3,3D3,4D3,5D3,9D,10D,14D,17D,18D,19D,20D,23D,24D,25D,26D,27D,28D,29D,30D,31D,33D,38D. The Morgan fingerprint density at radius 3 is 2.07 bits per heavy atom. The Hall–Kier alpha value is -8.02. The molecule has 0 radical (unpaired) electrons. The Labute approximate surface area is 451 Å². The second kappa shape index (κ2) is 16.9. The number of fused-ring (bicyclic) bond motifs is 4. The van der Waals surface area contributed by atoms with Gasteiger partial charge >= 0.3 is 0 Å². The predicted octanol–water partition coefficient (Wildman–Crippen LogP) is 16.2. The molecule has 0 fully saturated rings. The molecule has 0 saturated heterocycles. The van der Waals surface area contributed by atoms with Gasteiger partial charge in [0.2, 0.25) is 0 Å². The van der Waals surface area contributed by atoms with Gasteiger partial charge in [-0.1, -0.05) is 174 Å².